The number of carbonyl (C=O) groups is 1. The number of hydrogen-bond donors (Lipinski definition) is 2. The number of nitrogens with zero attached hydrogens (tertiary/aromatic N) is 2. The average Bonchev–Trinajstić information content (AvgIpc) is 2.62. The smallest absolute Gasteiger partial charge is 0.274 e. The zero-order chi connectivity index (χ0) is 17.5. The van der Waals surface area contributed by atoms with Crippen molar-refractivity contribution in [2.45, 2.75) is 13.8 Å². The molecule has 0 aliphatic rings. The highest BCUT2D eigenvalue weighted by Crippen LogP contribution is 2.20. The second-order valence-corrected chi connectivity index (χ2v) is 5.21. The van der Waals surface area contributed by atoms with Crippen LogP contribution in [0.15, 0.2) is 48.5 Å². The van der Waals surface area contributed by atoms with Gasteiger partial charge in [-0.2, -0.15) is 5.26 Å². The lowest BCUT2D eigenvalue weighted by atomic mass is 10.0. The molecular formula is C19H20N4O. The summed E-state index contributed by atoms with van der Waals surface area (Å²) in [5.74, 6) is -0.534. The van der Waals surface area contributed by atoms with Gasteiger partial charge in [0.1, 0.15) is 5.71 Å². The van der Waals surface area contributed by atoms with Crippen molar-refractivity contribution in [1.82, 2.24) is 0 Å². The van der Waals surface area contributed by atoms with E-state index in [1.54, 1.807) is 36.4 Å². The van der Waals surface area contributed by atoms with Crippen LogP contribution in [0.1, 0.15) is 25.0 Å². The van der Waals surface area contributed by atoms with Gasteiger partial charge in [0.15, 0.2) is 0 Å². The number of carbonyl (C=O) groups excluding carboxylic acids is 1. The number of rotatable bonds is 6. The number of para-hydroxylation sites is 1. The van der Waals surface area contributed by atoms with Gasteiger partial charge in [0, 0.05) is 30.0 Å². The molecule has 0 saturated carbocycles. The van der Waals surface area contributed by atoms with Gasteiger partial charge in [0.25, 0.3) is 5.91 Å². The SMILES string of the molecule is CCN(CC)c1ccc(C(=N)C(=O)Nc2ccccc2)c(C#N)c1. The summed E-state index contributed by atoms with van der Waals surface area (Å²) in [6.45, 7) is 5.73. The van der Waals surface area contributed by atoms with Crippen LogP contribution in [0, 0.1) is 16.7 Å². The van der Waals surface area contributed by atoms with E-state index >= 15 is 0 Å². The topological polar surface area (TPSA) is 80.0 Å². The van der Waals surface area contributed by atoms with Crippen LogP contribution in [-0.4, -0.2) is 24.7 Å². The average molecular weight is 320 g/mol. The number of nitrogens with one attached hydrogen (secondary N) is 2. The second kappa shape index (κ2) is 7.93. The van der Waals surface area contributed by atoms with E-state index < -0.39 is 5.91 Å². The first-order valence-electron chi connectivity index (χ1n) is 7.85. The van der Waals surface area contributed by atoms with E-state index in [2.05, 4.69) is 16.3 Å². The van der Waals surface area contributed by atoms with E-state index in [4.69, 9.17) is 5.41 Å². The fourth-order valence-electron chi connectivity index (χ4n) is 2.47. The molecule has 0 aliphatic heterocycles. The van der Waals surface area contributed by atoms with Gasteiger partial charge in [-0.05, 0) is 44.2 Å². The van der Waals surface area contributed by atoms with Gasteiger partial charge in [-0.1, -0.05) is 18.2 Å². The monoisotopic (exact) mass is 320 g/mol. The Morgan fingerprint density at radius 2 is 1.83 bits per heavy atom. The number of nitriles is 1. The van der Waals surface area contributed by atoms with Crippen LogP contribution in [0.2, 0.25) is 0 Å². The molecule has 5 heteroatoms. The van der Waals surface area contributed by atoms with Crippen LogP contribution in [0.25, 0.3) is 0 Å². The zero-order valence-corrected chi connectivity index (χ0v) is 13.8. The standard InChI is InChI=1S/C19H20N4O/c1-3-23(4-2)16-10-11-17(14(12-16)13-20)18(21)19(24)22-15-8-6-5-7-9-15/h5-12,21H,3-4H2,1-2H3,(H,22,24). The summed E-state index contributed by atoms with van der Waals surface area (Å²) in [4.78, 5) is 14.4. The summed E-state index contributed by atoms with van der Waals surface area (Å²) in [5, 5.41) is 20.2. The van der Waals surface area contributed by atoms with Gasteiger partial charge in [-0.3, -0.25) is 10.2 Å². The van der Waals surface area contributed by atoms with E-state index in [9.17, 15) is 10.1 Å². The van der Waals surface area contributed by atoms with Crippen molar-refractivity contribution in [2.24, 2.45) is 0 Å². The van der Waals surface area contributed by atoms with Gasteiger partial charge in [0.05, 0.1) is 11.6 Å². The maximum atomic E-state index is 12.3. The Morgan fingerprint density at radius 3 is 2.42 bits per heavy atom. The summed E-state index contributed by atoms with van der Waals surface area (Å²) >= 11 is 0. The molecule has 1 amide bonds. The van der Waals surface area contributed by atoms with Gasteiger partial charge in [-0.15, -0.1) is 0 Å². The molecule has 0 bridgehead atoms. The summed E-state index contributed by atoms with van der Waals surface area (Å²) in [5.41, 5.74) is 1.97. The molecule has 0 fully saturated rings. The molecule has 2 rings (SSSR count). The third kappa shape index (κ3) is 3.79. The Balaban J connectivity index is 2.26. The third-order valence-electron chi connectivity index (χ3n) is 3.78. The highest BCUT2D eigenvalue weighted by atomic mass is 16.1. The number of amides is 1. The van der Waals surface area contributed by atoms with Crippen LogP contribution in [0.5, 0.6) is 0 Å². The van der Waals surface area contributed by atoms with Crippen molar-refractivity contribution >= 4 is 23.0 Å². The lowest BCUT2D eigenvalue weighted by Gasteiger charge is -2.21. The highest BCUT2D eigenvalue weighted by molar-refractivity contribution is 6.48. The Labute approximate surface area is 142 Å². The molecule has 0 radical (unpaired) electrons. The Hall–Kier alpha value is -3.13. The molecule has 2 aromatic rings. The quantitative estimate of drug-likeness (QED) is 0.800. The van der Waals surface area contributed by atoms with E-state index in [-0.39, 0.29) is 5.71 Å². The molecule has 0 saturated heterocycles. The molecule has 122 valence electrons. The predicted octanol–water partition coefficient (Wildman–Crippen LogP) is 3.41. The summed E-state index contributed by atoms with van der Waals surface area (Å²) < 4.78 is 0. The number of anilines is 2. The molecule has 0 atom stereocenters. The van der Waals surface area contributed by atoms with E-state index in [1.807, 2.05) is 26.0 Å². The molecule has 2 aromatic carbocycles. The molecule has 24 heavy (non-hydrogen) atoms. The van der Waals surface area contributed by atoms with Gasteiger partial charge in [-0.25, -0.2) is 0 Å². The Kier molecular flexibility index (Phi) is 5.69. The first-order valence-corrected chi connectivity index (χ1v) is 7.85. The number of benzene rings is 2. The zero-order valence-electron chi connectivity index (χ0n) is 13.8. The van der Waals surface area contributed by atoms with Crippen LogP contribution in [-0.2, 0) is 4.79 Å². The van der Waals surface area contributed by atoms with E-state index in [1.165, 1.54) is 0 Å². The van der Waals surface area contributed by atoms with Crippen LogP contribution in [0.3, 0.4) is 0 Å². The Morgan fingerprint density at radius 1 is 1.17 bits per heavy atom. The molecule has 0 aromatic heterocycles. The third-order valence-corrected chi connectivity index (χ3v) is 3.78. The second-order valence-electron chi connectivity index (χ2n) is 5.21. The Bertz CT molecular complexity index is 774. The van der Waals surface area contributed by atoms with E-state index in [0.717, 1.165) is 18.8 Å². The predicted molar refractivity (Wildman–Crippen MR) is 96.6 cm³/mol. The molecule has 0 aliphatic carbocycles. The summed E-state index contributed by atoms with van der Waals surface area (Å²) in [7, 11) is 0. The van der Waals surface area contributed by atoms with Gasteiger partial charge >= 0.3 is 0 Å². The van der Waals surface area contributed by atoms with Crippen molar-refractivity contribution in [3.8, 4) is 6.07 Å². The van der Waals surface area contributed by atoms with Crippen molar-refractivity contribution < 1.29 is 4.79 Å². The molecule has 0 unspecified atom stereocenters. The molecule has 5 nitrogen and oxygen atoms in total. The molecule has 2 N–H and O–H groups in total. The molecule has 0 heterocycles. The van der Waals surface area contributed by atoms with Gasteiger partial charge < -0.3 is 10.2 Å². The van der Waals surface area contributed by atoms with E-state index in [0.29, 0.717) is 16.8 Å². The normalized spacial score (nSPS) is 9.88. The lowest BCUT2D eigenvalue weighted by Crippen LogP contribution is -2.25. The minimum atomic E-state index is -0.534. The van der Waals surface area contributed by atoms with Crippen molar-refractivity contribution in [3.63, 3.8) is 0 Å². The van der Waals surface area contributed by atoms with Crippen molar-refractivity contribution in [2.75, 3.05) is 23.3 Å². The highest BCUT2D eigenvalue weighted by Gasteiger charge is 2.17. The fraction of sp³-hybridized carbons (Fsp3) is 0.211. The summed E-state index contributed by atoms with van der Waals surface area (Å²) in [6, 6.07) is 16.3. The molecule has 0 spiro atoms. The number of hydrogen-bond acceptors (Lipinski definition) is 4. The molecular weight excluding hydrogens is 300 g/mol. The first kappa shape index (κ1) is 17.2. The maximum absolute atomic E-state index is 12.3. The van der Waals surface area contributed by atoms with Crippen LogP contribution < -0.4 is 10.2 Å². The largest absolute Gasteiger partial charge is 0.372 e. The van der Waals surface area contributed by atoms with Crippen LogP contribution in [0.4, 0.5) is 11.4 Å². The summed E-state index contributed by atoms with van der Waals surface area (Å²) in [6.07, 6.45) is 0. The maximum Gasteiger partial charge on any atom is 0.274 e. The van der Waals surface area contributed by atoms with Gasteiger partial charge in [0.2, 0.25) is 0 Å². The first-order chi connectivity index (χ1) is 11.6. The minimum Gasteiger partial charge on any atom is -0.372 e. The minimum absolute atomic E-state index is 0.221. The fourth-order valence-corrected chi connectivity index (χ4v) is 2.47. The van der Waals surface area contributed by atoms with Crippen LogP contribution >= 0.6 is 0 Å². The lowest BCUT2D eigenvalue weighted by molar-refractivity contribution is -0.110. The van der Waals surface area contributed by atoms with Crippen molar-refractivity contribution in [1.29, 1.82) is 10.7 Å². The van der Waals surface area contributed by atoms with Crippen molar-refractivity contribution in [3.05, 3.63) is 59.7 Å².